The highest BCUT2D eigenvalue weighted by atomic mass is 32.1. The van der Waals surface area contributed by atoms with E-state index in [2.05, 4.69) is 132 Å². The summed E-state index contributed by atoms with van der Waals surface area (Å²) in [7, 11) is 0. The molecule has 0 atom stereocenters. The molecule has 6 aromatic carbocycles. The number of benzene rings is 6. The highest BCUT2D eigenvalue weighted by Gasteiger charge is 2.17. The Bertz CT molecular complexity index is 2410. The summed E-state index contributed by atoms with van der Waals surface area (Å²) in [5, 5.41) is 5.00. The molecule has 0 fully saturated rings. The molecule has 0 amide bonds. The number of rotatable bonds is 4. The van der Waals surface area contributed by atoms with Gasteiger partial charge in [-0.3, -0.25) is 0 Å². The van der Waals surface area contributed by atoms with Gasteiger partial charge in [-0.1, -0.05) is 78.9 Å². The molecule has 0 unspecified atom stereocenters. The number of thiophene rings is 2. The minimum absolute atomic E-state index is 0.920. The maximum Gasteiger partial charge on any atom is 0.135 e. The lowest BCUT2D eigenvalue weighted by molar-refractivity contribution is 0.669. The van der Waals surface area contributed by atoms with Crippen molar-refractivity contribution in [3.8, 4) is 11.1 Å². The van der Waals surface area contributed by atoms with E-state index in [4.69, 9.17) is 4.42 Å². The molecule has 9 rings (SSSR count). The summed E-state index contributed by atoms with van der Waals surface area (Å²) in [6.07, 6.45) is 0. The van der Waals surface area contributed by atoms with Gasteiger partial charge in [-0.25, -0.2) is 0 Å². The predicted molar refractivity (Wildman–Crippen MR) is 182 cm³/mol. The van der Waals surface area contributed by atoms with Gasteiger partial charge in [0.1, 0.15) is 11.2 Å². The van der Waals surface area contributed by atoms with Crippen LogP contribution >= 0.6 is 22.7 Å². The zero-order valence-electron chi connectivity index (χ0n) is 22.5. The maximum atomic E-state index is 6.05. The first-order chi connectivity index (χ1) is 20.8. The minimum atomic E-state index is 0.920. The van der Waals surface area contributed by atoms with Crippen molar-refractivity contribution in [2.45, 2.75) is 0 Å². The molecule has 0 bridgehead atoms. The molecular formula is C38H23NOS2. The van der Waals surface area contributed by atoms with Crippen molar-refractivity contribution in [3.05, 3.63) is 140 Å². The van der Waals surface area contributed by atoms with E-state index in [-0.39, 0.29) is 0 Å². The van der Waals surface area contributed by atoms with Crippen LogP contribution in [0.3, 0.4) is 0 Å². The lowest BCUT2D eigenvalue weighted by Crippen LogP contribution is -2.09. The van der Waals surface area contributed by atoms with Crippen LogP contribution in [0.2, 0.25) is 0 Å². The van der Waals surface area contributed by atoms with Crippen molar-refractivity contribution >= 4 is 91.2 Å². The average Bonchev–Trinajstić information content (AvgIpc) is 3.71. The molecule has 0 radical (unpaired) electrons. The van der Waals surface area contributed by atoms with E-state index in [1.165, 1.54) is 40.7 Å². The number of hydrogen-bond donors (Lipinski definition) is 0. The SMILES string of the molecule is c1ccc(N(c2ccc(-c3ccc4oc5ccccc5c4c3)cc2)c2ccc3c(c2)sc2c4ccccc4sc32)cc1. The van der Waals surface area contributed by atoms with Crippen LogP contribution < -0.4 is 4.90 Å². The van der Waals surface area contributed by atoms with Gasteiger partial charge in [0.05, 0.1) is 9.40 Å². The van der Waals surface area contributed by atoms with E-state index < -0.39 is 0 Å². The van der Waals surface area contributed by atoms with Gasteiger partial charge < -0.3 is 9.32 Å². The van der Waals surface area contributed by atoms with Crippen molar-refractivity contribution in [2.75, 3.05) is 4.90 Å². The lowest BCUT2D eigenvalue weighted by Gasteiger charge is -2.25. The standard InChI is InChI=1S/C38H23NOS2/c1-2-8-26(9-3-1)39(28-19-20-31-36(23-28)42-37-30-11-5-7-13-35(30)41-38(31)37)27-17-14-24(15-18-27)25-16-21-34-32(22-25)29-10-4-6-12-33(29)40-34/h1-23H. The number of furan rings is 1. The van der Waals surface area contributed by atoms with Gasteiger partial charge in [0.2, 0.25) is 0 Å². The third-order valence-corrected chi connectivity index (χ3v) is 10.6. The highest BCUT2D eigenvalue weighted by Crippen LogP contribution is 2.46. The molecule has 0 saturated carbocycles. The number of para-hydroxylation sites is 2. The molecule has 4 heteroatoms. The Labute approximate surface area is 250 Å². The molecule has 0 aliphatic heterocycles. The first-order valence-corrected chi connectivity index (χ1v) is 15.6. The van der Waals surface area contributed by atoms with Gasteiger partial charge in [-0.15, -0.1) is 22.7 Å². The van der Waals surface area contributed by atoms with Crippen molar-refractivity contribution in [1.29, 1.82) is 0 Å². The molecular weight excluding hydrogens is 551 g/mol. The normalized spacial score (nSPS) is 11.8. The molecule has 0 N–H and O–H groups in total. The number of anilines is 3. The number of nitrogens with zero attached hydrogens (tertiary/aromatic N) is 1. The summed E-state index contributed by atoms with van der Waals surface area (Å²) in [6.45, 7) is 0. The van der Waals surface area contributed by atoms with E-state index in [1.54, 1.807) is 0 Å². The zero-order valence-corrected chi connectivity index (χ0v) is 24.1. The van der Waals surface area contributed by atoms with E-state index >= 15 is 0 Å². The van der Waals surface area contributed by atoms with Gasteiger partial charge >= 0.3 is 0 Å². The Morgan fingerprint density at radius 2 is 1.02 bits per heavy atom. The Kier molecular flexibility index (Phi) is 5.27. The largest absolute Gasteiger partial charge is 0.456 e. The molecule has 0 spiro atoms. The summed E-state index contributed by atoms with van der Waals surface area (Å²) in [6, 6.07) is 49.9. The predicted octanol–water partition coefficient (Wildman–Crippen LogP) is 12.3. The highest BCUT2D eigenvalue weighted by molar-refractivity contribution is 7.36. The van der Waals surface area contributed by atoms with Crippen LogP contribution in [0.15, 0.2) is 144 Å². The fourth-order valence-electron chi connectivity index (χ4n) is 6.07. The summed E-state index contributed by atoms with van der Waals surface area (Å²) in [5.41, 5.74) is 7.63. The second-order valence-corrected chi connectivity index (χ2v) is 12.7. The van der Waals surface area contributed by atoms with Crippen LogP contribution in [0.25, 0.3) is 62.6 Å². The van der Waals surface area contributed by atoms with Crippen LogP contribution in [0.4, 0.5) is 17.1 Å². The molecule has 198 valence electrons. The molecule has 3 aromatic heterocycles. The van der Waals surface area contributed by atoms with Crippen molar-refractivity contribution in [3.63, 3.8) is 0 Å². The molecule has 42 heavy (non-hydrogen) atoms. The summed E-state index contributed by atoms with van der Waals surface area (Å²) >= 11 is 3.79. The fraction of sp³-hybridized carbons (Fsp3) is 0. The Hall–Kier alpha value is -4.90. The molecule has 0 saturated heterocycles. The third-order valence-electron chi connectivity index (χ3n) is 8.08. The van der Waals surface area contributed by atoms with E-state index in [9.17, 15) is 0 Å². The van der Waals surface area contributed by atoms with Crippen LogP contribution in [-0.2, 0) is 0 Å². The topological polar surface area (TPSA) is 16.4 Å². The van der Waals surface area contributed by atoms with Crippen LogP contribution in [0.5, 0.6) is 0 Å². The van der Waals surface area contributed by atoms with E-state index in [0.29, 0.717) is 0 Å². The molecule has 2 nitrogen and oxygen atoms in total. The first-order valence-electron chi connectivity index (χ1n) is 14.0. The lowest BCUT2D eigenvalue weighted by atomic mass is 10.0. The fourth-order valence-corrected chi connectivity index (χ4v) is 8.75. The van der Waals surface area contributed by atoms with Gasteiger partial charge in [0.25, 0.3) is 0 Å². The first kappa shape index (κ1) is 23.8. The molecule has 9 aromatic rings. The smallest absolute Gasteiger partial charge is 0.135 e. The Morgan fingerprint density at radius 1 is 0.405 bits per heavy atom. The summed E-state index contributed by atoms with van der Waals surface area (Å²) in [4.78, 5) is 2.35. The van der Waals surface area contributed by atoms with Crippen LogP contribution in [0, 0.1) is 0 Å². The summed E-state index contributed by atoms with van der Waals surface area (Å²) < 4.78 is 11.5. The van der Waals surface area contributed by atoms with Gasteiger partial charge in [0.15, 0.2) is 0 Å². The second kappa shape index (κ2) is 9.31. The molecule has 0 aliphatic carbocycles. The monoisotopic (exact) mass is 573 g/mol. The quantitative estimate of drug-likeness (QED) is 0.208. The van der Waals surface area contributed by atoms with Crippen LogP contribution in [0.1, 0.15) is 0 Å². The van der Waals surface area contributed by atoms with Crippen LogP contribution in [-0.4, -0.2) is 0 Å². The number of hydrogen-bond acceptors (Lipinski definition) is 4. The van der Waals surface area contributed by atoms with E-state index in [1.807, 2.05) is 34.8 Å². The molecule has 0 aliphatic rings. The van der Waals surface area contributed by atoms with E-state index in [0.717, 1.165) is 39.0 Å². The Morgan fingerprint density at radius 3 is 1.88 bits per heavy atom. The molecule has 3 heterocycles. The van der Waals surface area contributed by atoms with Gasteiger partial charge in [0, 0.05) is 48.0 Å². The summed E-state index contributed by atoms with van der Waals surface area (Å²) in [5.74, 6) is 0. The maximum absolute atomic E-state index is 6.05. The van der Waals surface area contributed by atoms with Crippen molar-refractivity contribution in [2.24, 2.45) is 0 Å². The Balaban J connectivity index is 1.14. The number of fused-ring (bicyclic) bond motifs is 8. The van der Waals surface area contributed by atoms with Gasteiger partial charge in [-0.05, 0) is 71.8 Å². The van der Waals surface area contributed by atoms with Crippen molar-refractivity contribution < 1.29 is 4.42 Å². The average molecular weight is 574 g/mol. The van der Waals surface area contributed by atoms with Gasteiger partial charge in [-0.2, -0.15) is 0 Å². The third kappa shape index (κ3) is 3.69. The van der Waals surface area contributed by atoms with Crippen molar-refractivity contribution in [1.82, 2.24) is 0 Å². The zero-order chi connectivity index (χ0) is 27.6. The minimum Gasteiger partial charge on any atom is -0.456 e. The second-order valence-electron chi connectivity index (χ2n) is 10.6.